The van der Waals surface area contributed by atoms with Crippen LogP contribution in [0.25, 0.3) is 5.70 Å². The molecule has 2 aromatic carbocycles. The maximum absolute atomic E-state index is 13.4. The number of nitrogens with one attached hydrogen (secondary N) is 1. The van der Waals surface area contributed by atoms with Crippen LogP contribution in [0.5, 0.6) is 5.75 Å². The highest BCUT2D eigenvalue weighted by molar-refractivity contribution is 6.37. The first-order chi connectivity index (χ1) is 16.3. The van der Waals surface area contributed by atoms with E-state index in [1.807, 2.05) is 12.1 Å². The summed E-state index contributed by atoms with van der Waals surface area (Å²) < 4.78 is 15.4. The highest BCUT2D eigenvalue weighted by atomic mass is 35.5. The molecule has 1 aliphatic heterocycles. The number of halogens is 2. The first-order valence-corrected chi connectivity index (χ1v) is 11.3. The molecule has 34 heavy (non-hydrogen) atoms. The van der Waals surface area contributed by atoms with Crippen molar-refractivity contribution < 1.29 is 28.6 Å². The zero-order valence-electron chi connectivity index (χ0n) is 18.7. The van der Waals surface area contributed by atoms with Crippen LogP contribution in [0.15, 0.2) is 53.2 Å². The summed E-state index contributed by atoms with van der Waals surface area (Å²) in [6, 6.07) is 10.4. The zero-order valence-corrected chi connectivity index (χ0v) is 20.2. The average Bonchev–Trinajstić information content (AvgIpc) is 3.09. The summed E-state index contributed by atoms with van der Waals surface area (Å²) in [5, 5.41) is 3.46. The molecule has 0 saturated heterocycles. The van der Waals surface area contributed by atoms with Crippen molar-refractivity contribution in [1.29, 1.82) is 0 Å². The lowest BCUT2D eigenvalue weighted by Gasteiger charge is -2.29. The van der Waals surface area contributed by atoms with Crippen molar-refractivity contribution in [2.45, 2.75) is 19.8 Å². The third-order valence-electron chi connectivity index (χ3n) is 5.65. The van der Waals surface area contributed by atoms with Gasteiger partial charge in [0, 0.05) is 28.3 Å². The number of ketones is 1. The monoisotopic (exact) mass is 501 g/mol. The van der Waals surface area contributed by atoms with Gasteiger partial charge in [-0.25, -0.2) is 9.59 Å². The second kappa shape index (κ2) is 9.52. The van der Waals surface area contributed by atoms with Crippen molar-refractivity contribution >= 4 is 46.6 Å². The molecule has 2 aliphatic rings. The average molecular weight is 502 g/mol. The van der Waals surface area contributed by atoms with Crippen LogP contribution in [0.1, 0.15) is 41.3 Å². The molecule has 9 heteroatoms. The SMILES string of the molecule is CCOC(=O)COc1c(Cl)cc([C@H]2C(C(=O)OC)=C(C)NC3=C2C(=O)c2ccccc23)cc1Cl. The van der Waals surface area contributed by atoms with Crippen LogP contribution in [-0.4, -0.2) is 38.0 Å². The van der Waals surface area contributed by atoms with Gasteiger partial charge in [-0.3, -0.25) is 4.79 Å². The van der Waals surface area contributed by atoms with Crippen LogP contribution < -0.4 is 10.1 Å². The predicted octanol–water partition coefficient (Wildman–Crippen LogP) is 4.68. The summed E-state index contributed by atoms with van der Waals surface area (Å²) in [6.07, 6.45) is 0. The lowest BCUT2D eigenvalue weighted by Crippen LogP contribution is -2.29. The van der Waals surface area contributed by atoms with E-state index in [0.717, 1.165) is 5.56 Å². The largest absolute Gasteiger partial charge is 0.479 e. The molecule has 4 rings (SSSR count). The third-order valence-corrected chi connectivity index (χ3v) is 6.21. The number of carbonyl (C=O) groups excluding carboxylic acids is 3. The van der Waals surface area contributed by atoms with Crippen molar-refractivity contribution in [3.63, 3.8) is 0 Å². The first-order valence-electron chi connectivity index (χ1n) is 10.5. The van der Waals surface area contributed by atoms with E-state index < -0.39 is 17.9 Å². The van der Waals surface area contributed by atoms with Gasteiger partial charge in [0.15, 0.2) is 18.1 Å². The Morgan fingerprint density at radius 2 is 1.74 bits per heavy atom. The van der Waals surface area contributed by atoms with Gasteiger partial charge in [0.1, 0.15) is 0 Å². The normalized spacial score (nSPS) is 16.6. The summed E-state index contributed by atoms with van der Waals surface area (Å²) >= 11 is 12.9. The Hall–Kier alpha value is -3.29. The highest BCUT2D eigenvalue weighted by Gasteiger charge is 2.43. The summed E-state index contributed by atoms with van der Waals surface area (Å²) in [5.41, 5.74) is 3.65. The van der Waals surface area contributed by atoms with Crippen LogP contribution in [0.2, 0.25) is 10.0 Å². The molecule has 176 valence electrons. The molecule has 0 fully saturated rings. The van der Waals surface area contributed by atoms with E-state index in [0.29, 0.717) is 28.1 Å². The number of rotatable bonds is 6. The Bertz CT molecular complexity index is 1260. The summed E-state index contributed by atoms with van der Waals surface area (Å²) in [4.78, 5) is 37.9. The van der Waals surface area contributed by atoms with Crippen LogP contribution in [0.4, 0.5) is 0 Å². The smallest absolute Gasteiger partial charge is 0.344 e. The van der Waals surface area contributed by atoms with Crippen molar-refractivity contribution in [2.75, 3.05) is 20.3 Å². The van der Waals surface area contributed by atoms with Crippen molar-refractivity contribution in [2.24, 2.45) is 0 Å². The van der Waals surface area contributed by atoms with Gasteiger partial charge in [-0.2, -0.15) is 0 Å². The number of Topliss-reactive ketones (excluding diaryl/α,β-unsaturated/α-hetero) is 1. The van der Waals surface area contributed by atoms with Gasteiger partial charge >= 0.3 is 11.9 Å². The number of esters is 2. The number of dihydropyridines is 1. The minimum absolute atomic E-state index is 0.102. The number of hydrogen-bond acceptors (Lipinski definition) is 7. The standard InChI is InChI=1S/C25H21Cl2NO6/c1-4-33-18(29)11-34-24-16(26)9-13(10-17(24)27)20-19(25(31)32-3)12(2)28-22-14-7-5-6-8-15(14)23(30)21(20)22/h5-10,20,28H,4,11H2,1-3H3/t20-/m0/s1. The van der Waals surface area contributed by atoms with Gasteiger partial charge in [0.05, 0.1) is 35.0 Å². The van der Waals surface area contributed by atoms with E-state index in [1.165, 1.54) is 7.11 Å². The van der Waals surface area contributed by atoms with Crippen LogP contribution >= 0.6 is 23.2 Å². The molecular formula is C25H21Cl2NO6. The molecule has 1 N–H and O–H groups in total. The van der Waals surface area contributed by atoms with Gasteiger partial charge in [0.2, 0.25) is 0 Å². The number of benzene rings is 2. The van der Waals surface area contributed by atoms with E-state index in [1.54, 1.807) is 38.1 Å². The van der Waals surface area contributed by atoms with E-state index in [-0.39, 0.29) is 40.4 Å². The van der Waals surface area contributed by atoms with Gasteiger partial charge in [-0.1, -0.05) is 47.5 Å². The fraction of sp³-hybridized carbons (Fsp3) is 0.240. The Labute approximate surface area is 206 Å². The maximum Gasteiger partial charge on any atom is 0.344 e. The summed E-state index contributed by atoms with van der Waals surface area (Å²) in [6.45, 7) is 3.28. The van der Waals surface area contributed by atoms with Gasteiger partial charge in [-0.15, -0.1) is 0 Å². The molecule has 1 heterocycles. The van der Waals surface area contributed by atoms with Crippen molar-refractivity contribution in [1.82, 2.24) is 5.32 Å². The maximum atomic E-state index is 13.4. The number of allylic oxidation sites excluding steroid dienone is 2. The molecule has 1 atom stereocenters. The number of methoxy groups -OCH3 is 1. The third kappa shape index (κ3) is 4.06. The molecule has 0 aromatic heterocycles. The topological polar surface area (TPSA) is 90.9 Å². The molecule has 0 radical (unpaired) electrons. The molecule has 0 unspecified atom stereocenters. The van der Waals surface area contributed by atoms with Gasteiger partial charge in [0.25, 0.3) is 0 Å². The molecule has 7 nitrogen and oxygen atoms in total. The van der Waals surface area contributed by atoms with Crippen molar-refractivity contribution in [3.05, 3.63) is 80.0 Å². The fourth-order valence-corrected chi connectivity index (χ4v) is 4.87. The molecule has 1 aliphatic carbocycles. The fourth-order valence-electron chi connectivity index (χ4n) is 4.26. The number of ether oxygens (including phenoxy) is 3. The Kier molecular flexibility index (Phi) is 6.68. The number of fused-ring (bicyclic) bond motifs is 2. The van der Waals surface area contributed by atoms with Crippen LogP contribution in [-0.2, 0) is 19.1 Å². The van der Waals surface area contributed by atoms with Gasteiger partial charge in [-0.05, 0) is 31.5 Å². The molecule has 0 saturated carbocycles. The van der Waals surface area contributed by atoms with Gasteiger partial charge < -0.3 is 19.5 Å². The van der Waals surface area contributed by atoms with Crippen LogP contribution in [0, 0.1) is 0 Å². The molecule has 2 aromatic rings. The van der Waals surface area contributed by atoms with Crippen molar-refractivity contribution in [3.8, 4) is 5.75 Å². The lowest BCUT2D eigenvalue weighted by molar-refractivity contribution is -0.145. The highest BCUT2D eigenvalue weighted by Crippen LogP contribution is 2.48. The Morgan fingerprint density at radius 3 is 2.35 bits per heavy atom. The second-order valence-corrected chi connectivity index (χ2v) is 8.47. The predicted molar refractivity (Wildman–Crippen MR) is 127 cm³/mol. The van der Waals surface area contributed by atoms with Crippen LogP contribution in [0.3, 0.4) is 0 Å². The minimum atomic E-state index is -0.780. The van der Waals surface area contributed by atoms with E-state index in [4.69, 9.17) is 37.4 Å². The quantitative estimate of drug-likeness (QED) is 0.574. The molecular weight excluding hydrogens is 481 g/mol. The van der Waals surface area contributed by atoms with E-state index in [2.05, 4.69) is 5.32 Å². The summed E-state index contributed by atoms with van der Waals surface area (Å²) in [7, 11) is 1.28. The van der Waals surface area contributed by atoms with E-state index in [9.17, 15) is 14.4 Å². The molecule has 0 bridgehead atoms. The number of hydrogen-bond donors (Lipinski definition) is 1. The second-order valence-electron chi connectivity index (χ2n) is 7.66. The molecule has 0 amide bonds. The zero-order chi connectivity index (χ0) is 24.6. The minimum Gasteiger partial charge on any atom is -0.479 e. The van der Waals surface area contributed by atoms with E-state index >= 15 is 0 Å². The Balaban J connectivity index is 1.81. The Morgan fingerprint density at radius 1 is 1.09 bits per heavy atom. The number of carbonyl (C=O) groups is 3. The molecule has 0 spiro atoms. The lowest BCUT2D eigenvalue weighted by atomic mass is 9.80. The summed E-state index contributed by atoms with van der Waals surface area (Å²) in [5.74, 6) is -2.03. The first kappa shape index (κ1) is 23.9.